The number of rotatable bonds is 7. The molecular formula is C21H22N2O3S. The highest BCUT2D eigenvalue weighted by Crippen LogP contribution is 2.31. The molecule has 3 rings (SSSR count). The fraction of sp³-hybridized carbons (Fsp3) is 0.190. The van der Waals surface area contributed by atoms with Gasteiger partial charge in [-0.15, -0.1) is 11.3 Å². The van der Waals surface area contributed by atoms with Gasteiger partial charge in [0, 0.05) is 17.5 Å². The number of likely N-dealkylation sites (N-methyl/N-ethyl adjacent to an activating group) is 1. The van der Waals surface area contributed by atoms with E-state index in [0.717, 1.165) is 27.6 Å². The van der Waals surface area contributed by atoms with Crippen LogP contribution < -0.4 is 14.8 Å². The van der Waals surface area contributed by atoms with E-state index in [1.807, 2.05) is 66.0 Å². The number of carbonyl (C=O) groups is 1. The molecule has 1 N–H and O–H groups in total. The zero-order valence-corrected chi connectivity index (χ0v) is 16.2. The van der Waals surface area contributed by atoms with Gasteiger partial charge < -0.3 is 19.7 Å². The van der Waals surface area contributed by atoms with Gasteiger partial charge in [-0.2, -0.15) is 0 Å². The van der Waals surface area contributed by atoms with Crippen LogP contribution in [0, 0.1) is 0 Å². The Hall–Kier alpha value is -2.99. The summed E-state index contributed by atoms with van der Waals surface area (Å²) in [5.41, 5.74) is 1.82. The molecule has 140 valence electrons. The third-order valence-corrected chi connectivity index (χ3v) is 4.96. The summed E-state index contributed by atoms with van der Waals surface area (Å²) in [6.07, 6.45) is 0. The van der Waals surface area contributed by atoms with E-state index in [0.29, 0.717) is 13.2 Å². The van der Waals surface area contributed by atoms with Crippen molar-refractivity contribution in [1.29, 1.82) is 0 Å². The molecule has 0 spiro atoms. The van der Waals surface area contributed by atoms with Crippen LogP contribution in [-0.2, 0) is 0 Å². The summed E-state index contributed by atoms with van der Waals surface area (Å²) >= 11 is 1.65. The smallest absolute Gasteiger partial charge is 0.321 e. The molecule has 3 aromatic rings. The second kappa shape index (κ2) is 9.09. The van der Waals surface area contributed by atoms with Crippen LogP contribution in [0.2, 0.25) is 0 Å². The molecule has 2 amide bonds. The van der Waals surface area contributed by atoms with E-state index in [4.69, 9.17) is 9.47 Å². The van der Waals surface area contributed by atoms with Crippen molar-refractivity contribution in [2.75, 3.05) is 32.6 Å². The SMILES string of the molecule is COc1ccc(OCCN(C)C(=O)Nc2ccccc2-c2cccs2)cc1. The number of amides is 2. The van der Waals surface area contributed by atoms with E-state index < -0.39 is 0 Å². The Bertz CT molecular complexity index is 863. The normalized spacial score (nSPS) is 10.3. The standard InChI is InChI=1S/C21H22N2O3S/c1-23(13-14-26-17-11-9-16(25-2)10-12-17)21(24)22-19-7-4-3-6-18(19)20-8-5-15-27-20/h3-12,15H,13-14H2,1-2H3,(H,22,24). The molecule has 0 aliphatic heterocycles. The van der Waals surface area contributed by atoms with Crippen LogP contribution in [0.15, 0.2) is 66.0 Å². The summed E-state index contributed by atoms with van der Waals surface area (Å²) in [5, 5.41) is 5.01. The number of anilines is 1. The average molecular weight is 382 g/mol. The van der Waals surface area contributed by atoms with Crippen molar-refractivity contribution in [3.63, 3.8) is 0 Å². The maximum Gasteiger partial charge on any atom is 0.321 e. The van der Waals surface area contributed by atoms with Crippen LogP contribution in [0.3, 0.4) is 0 Å². The van der Waals surface area contributed by atoms with Gasteiger partial charge in [0.1, 0.15) is 18.1 Å². The number of hydrogen-bond donors (Lipinski definition) is 1. The van der Waals surface area contributed by atoms with E-state index in [-0.39, 0.29) is 6.03 Å². The summed E-state index contributed by atoms with van der Waals surface area (Å²) in [6, 6.07) is 19.0. The number of urea groups is 1. The molecule has 0 saturated heterocycles. The summed E-state index contributed by atoms with van der Waals surface area (Å²) in [4.78, 5) is 15.2. The van der Waals surface area contributed by atoms with E-state index in [2.05, 4.69) is 5.32 Å². The first-order valence-electron chi connectivity index (χ1n) is 8.59. The van der Waals surface area contributed by atoms with E-state index >= 15 is 0 Å². The van der Waals surface area contributed by atoms with Gasteiger partial charge in [-0.25, -0.2) is 4.79 Å². The number of nitrogens with one attached hydrogen (secondary N) is 1. The lowest BCUT2D eigenvalue weighted by atomic mass is 10.1. The second-order valence-electron chi connectivity index (χ2n) is 5.90. The van der Waals surface area contributed by atoms with Crippen LogP contribution in [0.5, 0.6) is 11.5 Å². The van der Waals surface area contributed by atoms with Crippen molar-refractivity contribution in [2.45, 2.75) is 0 Å². The van der Waals surface area contributed by atoms with Crippen LogP contribution in [0.1, 0.15) is 0 Å². The Labute approximate surface area is 163 Å². The van der Waals surface area contributed by atoms with Gasteiger partial charge in [0.15, 0.2) is 0 Å². The topological polar surface area (TPSA) is 50.8 Å². The zero-order chi connectivity index (χ0) is 19.1. The summed E-state index contributed by atoms with van der Waals surface area (Å²) < 4.78 is 10.8. The lowest BCUT2D eigenvalue weighted by Crippen LogP contribution is -2.34. The number of thiophene rings is 1. The summed E-state index contributed by atoms with van der Waals surface area (Å²) in [5.74, 6) is 1.52. The minimum Gasteiger partial charge on any atom is -0.497 e. The Morgan fingerprint density at radius 1 is 1.04 bits per heavy atom. The number of ether oxygens (including phenoxy) is 2. The van der Waals surface area contributed by atoms with Gasteiger partial charge in [0.25, 0.3) is 0 Å². The lowest BCUT2D eigenvalue weighted by Gasteiger charge is -2.19. The van der Waals surface area contributed by atoms with Gasteiger partial charge in [0.05, 0.1) is 19.3 Å². The molecule has 1 aromatic heterocycles. The molecule has 0 atom stereocenters. The van der Waals surface area contributed by atoms with E-state index in [1.54, 1.807) is 30.4 Å². The monoisotopic (exact) mass is 382 g/mol. The molecule has 2 aromatic carbocycles. The Morgan fingerprint density at radius 2 is 1.78 bits per heavy atom. The third-order valence-electron chi connectivity index (χ3n) is 4.06. The third kappa shape index (κ3) is 5.01. The van der Waals surface area contributed by atoms with Gasteiger partial charge in [0.2, 0.25) is 0 Å². The first-order chi connectivity index (χ1) is 13.2. The molecule has 27 heavy (non-hydrogen) atoms. The minimum atomic E-state index is -0.169. The number of nitrogens with zero attached hydrogens (tertiary/aromatic N) is 1. The maximum absolute atomic E-state index is 12.5. The maximum atomic E-state index is 12.5. The highest BCUT2D eigenvalue weighted by atomic mass is 32.1. The molecule has 0 radical (unpaired) electrons. The number of hydrogen-bond acceptors (Lipinski definition) is 4. The second-order valence-corrected chi connectivity index (χ2v) is 6.85. The molecule has 0 bridgehead atoms. The van der Waals surface area contributed by atoms with Crippen molar-refractivity contribution in [3.8, 4) is 21.9 Å². The predicted molar refractivity (Wildman–Crippen MR) is 110 cm³/mol. The number of benzene rings is 2. The molecule has 0 unspecified atom stereocenters. The minimum absolute atomic E-state index is 0.169. The summed E-state index contributed by atoms with van der Waals surface area (Å²) in [7, 11) is 3.38. The van der Waals surface area contributed by atoms with Crippen LogP contribution >= 0.6 is 11.3 Å². The van der Waals surface area contributed by atoms with E-state index in [9.17, 15) is 4.79 Å². The molecule has 6 heteroatoms. The van der Waals surface area contributed by atoms with Gasteiger partial charge >= 0.3 is 6.03 Å². The molecule has 0 aliphatic carbocycles. The van der Waals surface area contributed by atoms with Crippen molar-refractivity contribution < 1.29 is 14.3 Å². The number of carbonyl (C=O) groups excluding carboxylic acids is 1. The molecule has 0 fully saturated rings. The van der Waals surface area contributed by atoms with Crippen LogP contribution in [0.4, 0.5) is 10.5 Å². The first kappa shape index (κ1) is 18.8. The Balaban J connectivity index is 1.54. The van der Waals surface area contributed by atoms with Crippen LogP contribution in [0.25, 0.3) is 10.4 Å². The average Bonchev–Trinajstić information content (AvgIpc) is 3.23. The molecule has 1 heterocycles. The Kier molecular flexibility index (Phi) is 6.33. The van der Waals surface area contributed by atoms with Gasteiger partial charge in [-0.1, -0.05) is 24.3 Å². The molecular weight excluding hydrogens is 360 g/mol. The quantitative estimate of drug-likeness (QED) is 0.628. The first-order valence-corrected chi connectivity index (χ1v) is 9.47. The fourth-order valence-corrected chi connectivity index (χ4v) is 3.29. The number of methoxy groups -OCH3 is 1. The van der Waals surface area contributed by atoms with Gasteiger partial charge in [-0.3, -0.25) is 0 Å². The zero-order valence-electron chi connectivity index (χ0n) is 15.3. The fourth-order valence-electron chi connectivity index (χ4n) is 2.52. The van der Waals surface area contributed by atoms with Crippen molar-refractivity contribution in [3.05, 3.63) is 66.0 Å². The van der Waals surface area contributed by atoms with Crippen molar-refractivity contribution in [1.82, 2.24) is 4.90 Å². The van der Waals surface area contributed by atoms with Crippen LogP contribution in [-0.4, -0.2) is 38.2 Å². The number of para-hydroxylation sites is 1. The molecule has 0 saturated carbocycles. The van der Waals surface area contributed by atoms with Crippen molar-refractivity contribution in [2.24, 2.45) is 0 Å². The lowest BCUT2D eigenvalue weighted by molar-refractivity contribution is 0.207. The van der Waals surface area contributed by atoms with E-state index in [1.165, 1.54) is 0 Å². The predicted octanol–water partition coefficient (Wildman–Crippen LogP) is 4.97. The highest BCUT2D eigenvalue weighted by Gasteiger charge is 2.12. The van der Waals surface area contributed by atoms with Gasteiger partial charge in [-0.05, 0) is 41.8 Å². The molecule has 0 aliphatic rings. The summed E-state index contributed by atoms with van der Waals surface area (Å²) in [6.45, 7) is 0.877. The molecule has 5 nitrogen and oxygen atoms in total. The largest absolute Gasteiger partial charge is 0.497 e. The van der Waals surface area contributed by atoms with Crippen molar-refractivity contribution >= 4 is 23.1 Å². The Morgan fingerprint density at radius 3 is 2.48 bits per heavy atom. The highest BCUT2D eigenvalue weighted by molar-refractivity contribution is 7.13.